The summed E-state index contributed by atoms with van der Waals surface area (Å²) in [6.07, 6.45) is 1.72. The van der Waals surface area contributed by atoms with E-state index in [2.05, 4.69) is 10.1 Å². The molecule has 0 N–H and O–H groups in total. The third kappa shape index (κ3) is 2.45. The third-order valence-corrected chi connectivity index (χ3v) is 5.19. The van der Waals surface area contributed by atoms with Crippen molar-refractivity contribution >= 4 is 32.6 Å². The molecule has 0 amide bonds. The summed E-state index contributed by atoms with van der Waals surface area (Å²) in [5.74, 6) is 0.752. The van der Waals surface area contributed by atoms with Crippen LogP contribution < -0.4 is 15.0 Å². The second-order valence-corrected chi connectivity index (χ2v) is 6.58. The normalized spacial score (nSPS) is 11.3. The Kier molecular flexibility index (Phi) is 3.69. The maximum Gasteiger partial charge on any atom is 0.291 e. The second-order valence-electron chi connectivity index (χ2n) is 5.62. The molecule has 1 aromatic carbocycles. The van der Waals surface area contributed by atoms with Gasteiger partial charge in [0.2, 0.25) is 0 Å². The Morgan fingerprint density at radius 3 is 2.84 bits per heavy atom. The lowest BCUT2D eigenvalue weighted by Crippen LogP contribution is -2.24. The standard InChI is InChI=1S/C17H16N4O3S/c1-20-13-12(14-15(20)19-17(24-3)25-14)8-18-21(16(13)22)9-10-5-4-6-11(7-10)23-2/h4-8H,9H2,1-3H3. The van der Waals surface area contributed by atoms with Gasteiger partial charge in [-0.1, -0.05) is 23.5 Å². The molecule has 3 heterocycles. The van der Waals surface area contributed by atoms with Crippen LogP contribution in [0, 0.1) is 0 Å². The Bertz CT molecular complexity index is 1140. The minimum atomic E-state index is -0.146. The highest BCUT2D eigenvalue weighted by Crippen LogP contribution is 2.34. The van der Waals surface area contributed by atoms with Gasteiger partial charge in [0.25, 0.3) is 10.8 Å². The maximum atomic E-state index is 12.9. The quantitative estimate of drug-likeness (QED) is 0.562. The van der Waals surface area contributed by atoms with E-state index in [1.807, 2.05) is 31.3 Å². The largest absolute Gasteiger partial charge is 0.497 e. The minimum Gasteiger partial charge on any atom is -0.497 e. The third-order valence-electron chi connectivity index (χ3n) is 4.15. The summed E-state index contributed by atoms with van der Waals surface area (Å²) in [7, 11) is 5.04. The van der Waals surface area contributed by atoms with E-state index in [1.165, 1.54) is 16.0 Å². The minimum absolute atomic E-state index is 0.146. The van der Waals surface area contributed by atoms with Crippen LogP contribution in [0.4, 0.5) is 0 Å². The molecule has 0 saturated heterocycles. The molecule has 8 heteroatoms. The molecule has 128 valence electrons. The van der Waals surface area contributed by atoms with Gasteiger partial charge in [-0.15, -0.1) is 0 Å². The lowest BCUT2D eigenvalue weighted by Gasteiger charge is -2.07. The van der Waals surface area contributed by atoms with E-state index in [0.717, 1.165) is 27.0 Å². The maximum absolute atomic E-state index is 12.9. The van der Waals surface area contributed by atoms with Crippen LogP contribution in [0.25, 0.3) is 21.3 Å². The van der Waals surface area contributed by atoms with Crippen molar-refractivity contribution in [2.45, 2.75) is 6.54 Å². The number of aryl methyl sites for hydroxylation is 1. The van der Waals surface area contributed by atoms with Gasteiger partial charge in [0.1, 0.15) is 11.3 Å². The Labute approximate surface area is 147 Å². The highest BCUT2D eigenvalue weighted by molar-refractivity contribution is 7.21. The highest BCUT2D eigenvalue weighted by atomic mass is 32.1. The van der Waals surface area contributed by atoms with Crippen LogP contribution in [0.15, 0.2) is 35.3 Å². The zero-order valence-electron chi connectivity index (χ0n) is 14.0. The van der Waals surface area contributed by atoms with Crippen LogP contribution in [0.2, 0.25) is 0 Å². The molecule has 4 rings (SSSR count). The average molecular weight is 356 g/mol. The van der Waals surface area contributed by atoms with Crippen LogP contribution >= 0.6 is 11.3 Å². The Morgan fingerprint density at radius 2 is 2.08 bits per heavy atom. The average Bonchev–Trinajstić information content (AvgIpc) is 3.17. The van der Waals surface area contributed by atoms with Crippen molar-refractivity contribution in [3.05, 3.63) is 46.4 Å². The highest BCUT2D eigenvalue weighted by Gasteiger charge is 2.18. The summed E-state index contributed by atoms with van der Waals surface area (Å²) in [5, 5.41) is 5.71. The van der Waals surface area contributed by atoms with Gasteiger partial charge in [-0.3, -0.25) is 4.79 Å². The fourth-order valence-corrected chi connectivity index (χ4v) is 3.84. The fourth-order valence-electron chi connectivity index (χ4n) is 2.91. The summed E-state index contributed by atoms with van der Waals surface area (Å²) >= 11 is 1.41. The predicted octanol–water partition coefficient (Wildman–Crippen LogP) is 2.41. The molecule has 7 nitrogen and oxygen atoms in total. The van der Waals surface area contributed by atoms with Crippen LogP contribution in [0.5, 0.6) is 10.9 Å². The number of methoxy groups -OCH3 is 2. The lowest BCUT2D eigenvalue weighted by atomic mass is 10.2. The van der Waals surface area contributed by atoms with Gasteiger partial charge >= 0.3 is 0 Å². The molecule has 0 bridgehead atoms. The summed E-state index contributed by atoms with van der Waals surface area (Å²) < 4.78 is 14.6. The van der Waals surface area contributed by atoms with Crippen LogP contribution in [-0.2, 0) is 13.6 Å². The van der Waals surface area contributed by atoms with Crippen molar-refractivity contribution in [3.63, 3.8) is 0 Å². The summed E-state index contributed by atoms with van der Waals surface area (Å²) in [6.45, 7) is 0.377. The van der Waals surface area contributed by atoms with Gasteiger partial charge in [0, 0.05) is 12.4 Å². The number of hydrogen-bond donors (Lipinski definition) is 0. The first kappa shape index (κ1) is 15.6. The van der Waals surface area contributed by atoms with E-state index in [9.17, 15) is 4.79 Å². The SMILES string of the molecule is COc1cccc(Cn2ncc3c4sc(OC)nc4n(C)c3c2=O)c1. The first-order valence-electron chi connectivity index (χ1n) is 7.64. The lowest BCUT2D eigenvalue weighted by molar-refractivity contribution is 0.412. The first-order chi connectivity index (χ1) is 12.1. The van der Waals surface area contributed by atoms with Crippen molar-refractivity contribution in [1.82, 2.24) is 19.3 Å². The second kappa shape index (κ2) is 5.89. The van der Waals surface area contributed by atoms with E-state index in [-0.39, 0.29) is 5.56 Å². The molecule has 0 saturated carbocycles. The molecule has 0 unspecified atom stereocenters. The van der Waals surface area contributed by atoms with E-state index in [0.29, 0.717) is 17.3 Å². The molecule has 0 aliphatic carbocycles. The number of nitrogens with zero attached hydrogens (tertiary/aromatic N) is 4. The molecule has 0 radical (unpaired) electrons. The van der Waals surface area contributed by atoms with Crippen molar-refractivity contribution in [1.29, 1.82) is 0 Å². The molecule has 25 heavy (non-hydrogen) atoms. The molecule has 0 aliphatic heterocycles. The number of ether oxygens (including phenoxy) is 2. The Morgan fingerprint density at radius 1 is 1.24 bits per heavy atom. The number of aromatic nitrogens is 4. The van der Waals surface area contributed by atoms with Crippen LogP contribution in [0.1, 0.15) is 5.56 Å². The summed E-state index contributed by atoms with van der Waals surface area (Å²) in [6, 6.07) is 7.60. The zero-order chi connectivity index (χ0) is 17.6. The Balaban J connectivity index is 1.85. The van der Waals surface area contributed by atoms with Crippen molar-refractivity contribution in [3.8, 4) is 10.9 Å². The van der Waals surface area contributed by atoms with Gasteiger partial charge in [-0.25, -0.2) is 4.68 Å². The molecule has 0 aliphatic rings. The van der Waals surface area contributed by atoms with Crippen molar-refractivity contribution < 1.29 is 9.47 Å². The van der Waals surface area contributed by atoms with E-state index < -0.39 is 0 Å². The van der Waals surface area contributed by atoms with Crippen molar-refractivity contribution in [2.24, 2.45) is 7.05 Å². The van der Waals surface area contributed by atoms with Crippen LogP contribution in [-0.4, -0.2) is 33.6 Å². The van der Waals surface area contributed by atoms with Crippen molar-refractivity contribution in [2.75, 3.05) is 14.2 Å². The topological polar surface area (TPSA) is 71.2 Å². The molecule has 4 aromatic rings. The van der Waals surface area contributed by atoms with E-state index in [1.54, 1.807) is 25.0 Å². The molecule has 0 atom stereocenters. The van der Waals surface area contributed by atoms with E-state index in [4.69, 9.17) is 9.47 Å². The zero-order valence-corrected chi connectivity index (χ0v) is 14.8. The van der Waals surface area contributed by atoms with Gasteiger partial charge in [0.15, 0.2) is 5.65 Å². The Hall–Kier alpha value is -2.87. The first-order valence-corrected chi connectivity index (χ1v) is 8.46. The van der Waals surface area contributed by atoms with E-state index >= 15 is 0 Å². The number of thiazole rings is 1. The summed E-state index contributed by atoms with van der Waals surface area (Å²) in [5.41, 5.74) is 2.13. The molecule has 3 aromatic heterocycles. The predicted molar refractivity (Wildman–Crippen MR) is 96.8 cm³/mol. The molecular weight excluding hydrogens is 340 g/mol. The van der Waals surface area contributed by atoms with Gasteiger partial charge in [0.05, 0.1) is 31.7 Å². The summed E-state index contributed by atoms with van der Waals surface area (Å²) in [4.78, 5) is 17.3. The molecule has 0 spiro atoms. The number of hydrogen-bond acceptors (Lipinski definition) is 6. The van der Waals surface area contributed by atoms with Crippen LogP contribution in [0.3, 0.4) is 0 Å². The van der Waals surface area contributed by atoms with Gasteiger partial charge in [-0.05, 0) is 17.7 Å². The fraction of sp³-hybridized carbons (Fsp3) is 0.235. The smallest absolute Gasteiger partial charge is 0.291 e. The molecular formula is C17H16N4O3S. The number of rotatable bonds is 4. The van der Waals surface area contributed by atoms with Gasteiger partial charge < -0.3 is 14.0 Å². The number of benzene rings is 1. The number of fused-ring (bicyclic) bond motifs is 3. The monoisotopic (exact) mass is 356 g/mol. The van der Waals surface area contributed by atoms with Gasteiger partial charge in [-0.2, -0.15) is 10.1 Å². The molecule has 0 fully saturated rings.